The van der Waals surface area contributed by atoms with Gasteiger partial charge in [-0.05, 0) is 31.3 Å². The topological polar surface area (TPSA) is 57.8 Å². The Labute approximate surface area is 104 Å². The highest BCUT2D eigenvalue weighted by Gasteiger charge is 2.03. The van der Waals surface area contributed by atoms with E-state index in [1.165, 1.54) is 0 Å². The van der Waals surface area contributed by atoms with E-state index < -0.39 is 0 Å². The molecule has 0 spiro atoms. The second-order valence-corrected chi connectivity index (χ2v) is 4.06. The molecule has 88 valence electrons. The summed E-state index contributed by atoms with van der Waals surface area (Å²) >= 11 is 5.80. The number of hydrogen-bond acceptors (Lipinski definition) is 3. The Morgan fingerprint density at radius 1 is 1.35 bits per heavy atom. The van der Waals surface area contributed by atoms with Gasteiger partial charge in [0.1, 0.15) is 5.82 Å². The van der Waals surface area contributed by atoms with Gasteiger partial charge >= 0.3 is 0 Å². The highest BCUT2D eigenvalue weighted by Crippen LogP contribution is 2.16. The number of halogens is 1. The minimum absolute atomic E-state index is 0.126. The van der Waals surface area contributed by atoms with Crippen LogP contribution in [0.1, 0.15) is 5.56 Å². The van der Waals surface area contributed by atoms with Crippen molar-refractivity contribution in [3.8, 4) is 11.4 Å². The molecular formula is C12H12ClN3O. The number of hydrogen-bond donors (Lipinski definition) is 2. The number of H-pyrrole nitrogens is 1. The van der Waals surface area contributed by atoms with Gasteiger partial charge in [0.2, 0.25) is 0 Å². The first kappa shape index (κ1) is 11.8. The van der Waals surface area contributed by atoms with Gasteiger partial charge in [-0.3, -0.25) is 4.79 Å². The summed E-state index contributed by atoms with van der Waals surface area (Å²) in [6.45, 7) is 0.503. The maximum atomic E-state index is 11.7. The van der Waals surface area contributed by atoms with Crippen LogP contribution in [0.2, 0.25) is 5.02 Å². The molecule has 0 atom stereocenters. The Bertz CT molecular complexity index is 563. The fraction of sp³-hybridized carbons (Fsp3) is 0.167. The van der Waals surface area contributed by atoms with E-state index in [2.05, 4.69) is 15.3 Å². The molecule has 0 aliphatic carbocycles. The minimum Gasteiger partial charge on any atom is -0.315 e. The maximum Gasteiger partial charge on any atom is 0.255 e. The van der Waals surface area contributed by atoms with Crippen LogP contribution in [0, 0.1) is 0 Å². The smallest absolute Gasteiger partial charge is 0.255 e. The van der Waals surface area contributed by atoms with Gasteiger partial charge in [0.15, 0.2) is 0 Å². The van der Waals surface area contributed by atoms with Crippen LogP contribution in [0.3, 0.4) is 0 Å². The van der Waals surface area contributed by atoms with E-state index in [0.29, 0.717) is 23.0 Å². The van der Waals surface area contributed by atoms with Crippen molar-refractivity contribution in [2.45, 2.75) is 6.54 Å². The number of nitrogens with one attached hydrogen (secondary N) is 2. The van der Waals surface area contributed by atoms with Crippen LogP contribution in [-0.4, -0.2) is 17.0 Å². The molecule has 1 heterocycles. The molecule has 0 amide bonds. The Balaban J connectivity index is 2.37. The van der Waals surface area contributed by atoms with Gasteiger partial charge in [0.25, 0.3) is 5.56 Å². The monoisotopic (exact) mass is 249 g/mol. The molecule has 2 aromatic rings. The van der Waals surface area contributed by atoms with Crippen LogP contribution in [0.25, 0.3) is 11.4 Å². The lowest BCUT2D eigenvalue weighted by atomic mass is 10.2. The molecule has 17 heavy (non-hydrogen) atoms. The first-order valence-electron chi connectivity index (χ1n) is 5.19. The summed E-state index contributed by atoms with van der Waals surface area (Å²) in [4.78, 5) is 18.7. The van der Waals surface area contributed by atoms with Crippen LogP contribution in [0.15, 0.2) is 35.3 Å². The largest absolute Gasteiger partial charge is 0.315 e. The summed E-state index contributed by atoms with van der Waals surface area (Å²) in [5, 5.41) is 3.57. The van der Waals surface area contributed by atoms with Crippen LogP contribution in [-0.2, 0) is 6.54 Å². The van der Waals surface area contributed by atoms with Crippen molar-refractivity contribution in [3.05, 3.63) is 51.4 Å². The lowest BCUT2D eigenvalue weighted by Gasteiger charge is -2.03. The number of rotatable bonds is 3. The molecular weight excluding hydrogens is 238 g/mol. The van der Waals surface area contributed by atoms with Crippen LogP contribution in [0.5, 0.6) is 0 Å². The van der Waals surface area contributed by atoms with E-state index in [4.69, 9.17) is 11.6 Å². The Hall–Kier alpha value is -1.65. The van der Waals surface area contributed by atoms with Crippen molar-refractivity contribution in [1.29, 1.82) is 0 Å². The predicted molar refractivity (Wildman–Crippen MR) is 68.1 cm³/mol. The Kier molecular flexibility index (Phi) is 3.56. The summed E-state index contributed by atoms with van der Waals surface area (Å²) in [6, 6.07) is 7.16. The molecule has 1 aromatic heterocycles. The molecule has 5 heteroatoms. The lowest BCUT2D eigenvalue weighted by Crippen LogP contribution is -2.19. The van der Waals surface area contributed by atoms with Gasteiger partial charge in [0, 0.05) is 28.9 Å². The third-order valence-corrected chi connectivity index (χ3v) is 2.61. The SMILES string of the molecule is CNCc1cnc(-c2ccc(Cl)cc2)[nH]c1=O. The van der Waals surface area contributed by atoms with E-state index in [9.17, 15) is 4.79 Å². The molecule has 0 saturated heterocycles. The summed E-state index contributed by atoms with van der Waals surface area (Å²) in [5.74, 6) is 0.548. The van der Waals surface area contributed by atoms with E-state index >= 15 is 0 Å². The third-order valence-electron chi connectivity index (χ3n) is 2.36. The highest BCUT2D eigenvalue weighted by molar-refractivity contribution is 6.30. The van der Waals surface area contributed by atoms with Gasteiger partial charge in [-0.1, -0.05) is 11.6 Å². The normalized spacial score (nSPS) is 10.5. The number of aromatic amines is 1. The second kappa shape index (κ2) is 5.12. The standard InChI is InChI=1S/C12H12ClN3O/c1-14-6-9-7-15-11(16-12(9)17)8-2-4-10(13)5-3-8/h2-5,7,14H,6H2,1H3,(H,15,16,17). The molecule has 0 radical (unpaired) electrons. The molecule has 2 rings (SSSR count). The van der Waals surface area contributed by atoms with Crippen LogP contribution >= 0.6 is 11.6 Å². The molecule has 0 fully saturated rings. The average molecular weight is 250 g/mol. The number of nitrogens with zero attached hydrogens (tertiary/aromatic N) is 1. The number of aromatic nitrogens is 2. The number of benzene rings is 1. The van der Waals surface area contributed by atoms with Crippen molar-refractivity contribution >= 4 is 11.6 Å². The summed E-state index contributed by atoms with van der Waals surface area (Å²) in [7, 11) is 1.78. The fourth-order valence-electron chi connectivity index (χ4n) is 1.49. The molecule has 0 saturated carbocycles. The van der Waals surface area contributed by atoms with Crippen molar-refractivity contribution < 1.29 is 0 Å². The quantitative estimate of drug-likeness (QED) is 0.872. The van der Waals surface area contributed by atoms with Gasteiger partial charge in [0.05, 0.1) is 0 Å². The zero-order chi connectivity index (χ0) is 12.3. The van der Waals surface area contributed by atoms with Gasteiger partial charge in [-0.15, -0.1) is 0 Å². The Morgan fingerprint density at radius 3 is 2.65 bits per heavy atom. The van der Waals surface area contributed by atoms with Crippen molar-refractivity contribution in [2.75, 3.05) is 7.05 Å². The first-order valence-corrected chi connectivity index (χ1v) is 5.57. The highest BCUT2D eigenvalue weighted by atomic mass is 35.5. The second-order valence-electron chi connectivity index (χ2n) is 3.62. The molecule has 0 unspecified atom stereocenters. The first-order chi connectivity index (χ1) is 8.20. The molecule has 0 bridgehead atoms. The minimum atomic E-state index is -0.126. The summed E-state index contributed by atoms with van der Waals surface area (Å²) in [6.07, 6.45) is 1.58. The third kappa shape index (κ3) is 2.72. The molecule has 1 aromatic carbocycles. The van der Waals surface area contributed by atoms with Crippen LogP contribution in [0.4, 0.5) is 0 Å². The predicted octanol–water partition coefficient (Wildman–Crippen LogP) is 1.81. The van der Waals surface area contributed by atoms with Gasteiger partial charge in [-0.25, -0.2) is 4.98 Å². The maximum absolute atomic E-state index is 11.7. The Morgan fingerprint density at radius 2 is 2.06 bits per heavy atom. The fourth-order valence-corrected chi connectivity index (χ4v) is 1.62. The summed E-state index contributed by atoms with van der Waals surface area (Å²) in [5.41, 5.74) is 1.33. The summed E-state index contributed by atoms with van der Waals surface area (Å²) < 4.78 is 0. The van der Waals surface area contributed by atoms with Crippen molar-refractivity contribution in [3.63, 3.8) is 0 Å². The van der Waals surface area contributed by atoms with E-state index in [1.807, 2.05) is 12.1 Å². The molecule has 0 aliphatic rings. The van der Waals surface area contributed by atoms with Crippen LogP contribution < -0.4 is 10.9 Å². The van der Waals surface area contributed by atoms with Crippen molar-refractivity contribution in [1.82, 2.24) is 15.3 Å². The van der Waals surface area contributed by atoms with Crippen molar-refractivity contribution in [2.24, 2.45) is 0 Å². The zero-order valence-electron chi connectivity index (χ0n) is 9.33. The molecule has 4 nitrogen and oxygen atoms in total. The van der Waals surface area contributed by atoms with E-state index in [0.717, 1.165) is 5.56 Å². The van der Waals surface area contributed by atoms with Gasteiger partial charge in [-0.2, -0.15) is 0 Å². The molecule has 2 N–H and O–H groups in total. The zero-order valence-corrected chi connectivity index (χ0v) is 10.1. The lowest BCUT2D eigenvalue weighted by molar-refractivity contribution is 0.798. The van der Waals surface area contributed by atoms with Gasteiger partial charge < -0.3 is 10.3 Å². The van der Waals surface area contributed by atoms with E-state index in [-0.39, 0.29) is 5.56 Å². The van der Waals surface area contributed by atoms with E-state index in [1.54, 1.807) is 25.4 Å². The average Bonchev–Trinajstić information content (AvgIpc) is 2.33. The molecule has 0 aliphatic heterocycles.